The van der Waals surface area contributed by atoms with Gasteiger partial charge in [-0.05, 0) is 74.4 Å². The first-order valence-electron chi connectivity index (χ1n) is 13.4. The molecule has 2 saturated carbocycles. The molecule has 2 aliphatic carbocycles. The molecule has 36 heavy (non-hydrogen) atoms. The summed E-state index contributed by atoms with van der Waals surface area (Å²) in [5.41, 5.74) is 4.87. The van der Waals surface area contributed by atoms with Gasteiger partial charge in [0.1, 0.15) is 0 Å². The summed E-state index contributed by atoms with van der Waals surface area (Å²) in [6, 6.07) is 18.1. The van der Waals surface area contributed by atoms with Gasteiger partial charge in [-0.3, -0.25) is 4.79 Å². The Morgan fingerprint density at radius 1 is 0.917 bits per heavy atom. The maximum Gasteiger partial charge on any atom is 0.358 e. The number of hydrogen-bond donors (Lipinski definition) is 1. The number of carbonyl (C=O) groups is 2. The fraction of sp³-hybridized carbons (Fsp3) is 0.433. The van der Waals surface area contributed by atoms with Crippen LogP contribution in [0.4, 0.5) is 0 Å². The number of rotatable bonds is 7. The van der Waals surface area contributed by atoms with Gasteiger partial charge in [0.25, 0.3) is 5.91 Å². The molecule has 1 amide bonds. The van der Waals surface area contributed by atoms with Gasteiger partial charge >= 0.3 is 5.97 Å². The molecule has 1 aromatic heterocycles. The standard InChI is InChI=1S/C30H35N3O3/c1-2-36-30(35)27-20-28(23-14-12-22(13-15-23)21-8-4-3-5-9-21)33(32-27)26-18-16-24(17-19-26)29(34)31-25-10-6-7-11-25/h12-21,25H,2-11H2,1H3,(H,31,34). The summed E-state index contributed by atoms with van der Waals surface area (Å²) in [5.74, 6) is 0.152. The molecule has 0 aliphatic heterocycles. The zero-order chi connectivity index (χ0) is 24.9. The normalized spacial score (nSPS) is 16.7. The first-order chi connectivity index (χ1) is 17.6. The lowest BCUT2D eigenvalue weighted by Gasteiger charge is -2.22. The number of nitrogens with one attached hydrogen (secondary N) is 1. The van der Waals surface area contributed by atoms with E-state index in [-0.39, 0.29) is 17.6 Å². The second-order valence-electron chi connectivity index (χ2n) is 10.0. The molecular weight excluding hydrogens is 450 g/mol. The number of esters is 1. The van der Waals surface area contributed by atoms with Crippen molar-refractivity contribution in [2.45, 2.75) is 76.7 Å². The predicted molar refractivity (Wildman–Crippen MR) is 141 cm³/mol. The number of carbonyl (C=O) groups excluding carboxylic acids is 2. The van der Waals surface area contributed by atoms with Gasteiger partial charge in [0, 0.05) is 17.2 Å². The van der Waals surface area contributed by atoms with Crippen LogP contribution in [-0.4, -0.2) is 34.3 Å². The third-order valence-corrected chi connectivity index (χ3v) is 7.54. The van der Waals surface area contributed by atoms with E-state index in [0.717, 1.165) is 29.8 Å². The average Bonchev–Trinajstić information content (AvgIpc) is 3.60. The Labute approximate surface area is 213 Å². The first kappa shape index (κ1) is 24.3. The molecule has 2 fully saturated rings. The minimum atomic E-state index is -0.441. The molecule has 0 atom stereocenters. The maximum absolute atomic E-state index is 12.7. The lowest BCUT2D eigenvalue weighted by molar-refractivity contribution is 0.0518. The zero-order valence-electron chi connectivity index (χ0n) is 21.0. The van der Waals surface area contributed by atoms with E-state index >= 15 is 0 Å². The van der Waals surface area contributed by atoms with Crippen LogP contribution in [-0.2, 0) is 4.74 Å². The van der Waals surface area contributed by atoms with Crippen molar-refractivity contribution in [1.82, 2.24) is 15.1 Å². The minimum Gasteiger partial charge on any atom is -0.461 e. The Bertz CT molecular complexity index is 1190. The van der Waals surface area contributed by atoms with Crippen molar-refractivity contribution in [3.05, 3.63) is 71.4 Å². The van der Waals surface area contributed by atoms with Gasteiger partial charge in [-0.1, -0.05) is 56.4 Å². The molecule has 0 bridgehead atoms. The highest BCUT2D eigenvalue weighted by Crippen LogP contribution is 2.34. The average molecular weight is 486 g/mol. The van der Waals surface area contributed by atoms with Gasteiger partial charge in [0.15, 0.2) is 5.69 Å². The van der Waals surface area contributed by atoms with Crippen LogP contribution in [0.15, 0.2) is 54.6 Å². The van der Waals surface area contributed by atoms with Crippen molar-refractivity contribution < 1.29 is 14.3 Å². The van der Waals surface area contributed by atoms with Crippen molar-refractivity contribution in [3.63, 3.8) is 0 Å². The van der Waals surface area contributed by atoms with E-state index in [1.807, 2.05) is 24.3 Å². The van der Waals surface area contributed by atoms with Crippen LogP contribution < -0.4 is 5.32 Å². The number of ether oxygens (including phenoxy) is 1. The highest BCUT2D eigenvalue weighted by atomic mass is 16.5. The highest BCUT2D eigenvalue weighted by molar-refractivity contribution is 5.94. The number of hydrogen-bond acceptors (Lipinski definition) is 4. The zero-order valence-corrected chi connectivity index (χ0v) is 21.0. The van der Waals surface area contributed by atoms with Crippen molar-refractivity contribution >= 4 is 11.9 Å². The molecule has 0 radical (unpaired) electrons. The van der Waals surface area contributed by atoms with Crippen molar-refractivity contribution in [1.29, 1.82) is 0 Å². The Balaban J connectivity index is 1.42. The van der Waals surface area contributed by atoms with Gasteiger partial charge < -0.3 is 10.1 Å². The second kappa shape index (κ2) is 11.1. The van der Waals surface area contributed by atoms with Gasteiger partial charge in [0.2, 0.25) is 0 Å². The van der Waals surface area contributed by atoms with E-state index in [1.54, 1.807) is 17.7 Å². The van der Waals surface area contributed by atoms with Gasteiger partial charge in [-0.15, -0.1) is 0 Å². The summed E-state index contributed by atoms with van der Waals surface area (Å²) in [6.07, 6.45) is 10.9. The molecule has 6 heteroatoms. The third kappa shape index (κ3) is 5.38. The van der Waals surface area contributed by atoms with Crippen LogP contribution in [0.2, 0.25) is 0 Å². The summed E-state index contributed by atoms with van der Waals surface area (Å²) in [5, 5.41) is 7.72. The fourth-order valence-corrected chi connectivity index (χ4v) is 5.54. The maximum atomic E-state index is 12.7. The molecule has 2 aromatic carbocycles. The van der Waals surface area contributed by atoms with Crippen molar-refractivity contribution in [2.24, 2.45) is 0 Å². The molecule has 6 nitrogen and oxygen atoms in total. The fourth-order valence-electron chi connectivity index (χ4n) is 5.54. The summed E-state index contributed by atoms with van der Waals surface area (Å²) in [7, 11) is 0. The summed E-state index contributed by atoms with van der Waals surface area (Å²) >= 11 is 0. The van der Waals surface area contributed by atoms with E-state index in [9.17, 15) is 9.59 Å². The molecule has 3 aromatic rings. The smallest absolute Gasteiger partial charge is 0.358 e. The predicted octanol–water partition coefficient (Wildman–Crippen LogP) is 6.44. The van der Waals surface area contributed by atoms with Gasteiger partial charge in [-0.2, -0.15) is 5.10 Å². The molecule has 0 spiro atoms. The SMILES string of the molecule is CCOC(=O)c1cc(-c2ccc(C3CCCCC3)cc2)n(-c2ccc(C(=O)NC3CCCC3)cc2)n1. The molecule has 0 unspecified atom stereocenters. The van der Waals surface area contributed by atoms with Crippen molar-refractivity contribution in [2.75, 3.05) is 6.61 Å². The Kier molecular flexibility index (Phi) is 7.49. The highest BCUT2D eigenvalue weighted by Gasteiger charge is 2.21. The molecular formula is C30H35N3O3. The summed E-state index contributed by atoms with van der Waals surface area (Å²) in [6.45, 7) is 2.08. The second-order valence-corrected chi connectivity index (χ2v) is 10.0. The molecule has 5 rings (SSSR count). The monoisotopic (exact) mass is 485 g/mol. The van der Waals surface area contributed by atoms with Gasteiger partial charge in [-0.25, -0.2) is 9.48 Å². The summed E-state index contributed by atoms with van der Waals surface area (Å²) < 4.78 is 6.98. The molecule has 188 valence electrons. The van der Waals surface area contributed by atoms with Crippen LogP contribution in [0.5, 0.6) is 0 Å². The number of amides is 1. The van der Waals surface area contributed by atoms with Crippen molar-refractivity contribution in [3.8, 4) is 16.9 Å². The summed E-state index contributed by atoms with van der Waals surface area (Å²) in [4.78, 5) is 25.2. The molecule has 2 aliphatic rings. The minimum absolute atomic E-state index is 0.0420. The molecule has 1 heterocycles. The van der Waals surface area contributed by atoms with E-state index in [4.69, 9.17) is 4.74 Å². The van der Waals surface area contributed by atoms with Crippen LogP contribution in [0.3, 0.4) is 0 Å². The van der Waals surface area contributed by atoms with Crippen LogP contribution in [0, 0.1) is 0 Å². The quantitative estimate of drug-likeness (QED) is 0.391. The molecule has 1 N–H and O–H groups in total. The largest absolute Gasteiger partial charge is 0.461 e. The Morgan fingerprint density at radius 2 is 1.58 bits per heavy atom. The number of benzene rings is 2. The van der Waals surface area contributed by atoms with Crippen LogP contribution in [0.1, 0.15) is 97.0 Å². The number of aromatic nitrogens is 2. The Hall–Kier alpha value is -3.41. The third-order valence-electron chi connectivity index (χ3n) is 7.54. The van der Waals surface area contributed by atoms with E-state index < -0.39 is 5.97 Å². The Morgan fingerprint density at radius 3 is 2.25 bits per heavy atom. The van der Waals surface area contributed by atoms with E-state index in [1.165, 1.54) is 50.5 Å². The first-order valence-corrected chi connectivity index (χ1v) is 13.4. The van der Waals surface area contributed by atoms with E-state index in [2.05, 4.69) is 34.7 Å². The van der Waals surface area contributed by atoms with Crippen LogP contribution in [0.25, 0.3) is 16.9 Å². The van der Waals surface area contributed by atoms with E-state index in [0.29, 0.717) is 18.1 Å². The van der Waals surface area contributed by atoms with Crippen LogP contribution >= 0.6 is 0 Å². The topological polar surface area (TPSA) is 73.2 Å². The number of nitrogens with zero attached hydrogens (tertiary/aromatic N) is 2. The van der Waals surface area contributed by atoms with Gasteiger partial charge in [0.05, 0.1) is 18.0 Å². The lowest BCUT2D eigenvalue weighted by Crippen LogP contribution is -2.32. The molecule has 0 saturated heterocycles. The lowest BCUT2D eigenvalue weighted by atomic mass is 9.84.